The largest absolute Gasteiger partial charge is 0.353 e. The minimum atomic E-state index is -0.0794. The molecule has 0 radical (unpaired) electrons. The molecule has 0 unspecified atom stereocenters. The third-order valence-electron chi connectivity index (χ3n) is 1.57. The lowest BCUT2D eigenvalue weighted by Crippen LogP contribution is -2.21. The topological polar surface area (TPSA) is 29.1 Å². The molecule has 1 amide bonds. The lowest BCUT2D eigenvalue weighted by Gasteiger charge is -2.00. The van der Waals surface area contributed by atoms with E-state index >= 15 is 0 Å². The third kappa shape index (κ3) is 7.66. The highest BCUT2D eigenvalue weighted by atomic mass is 32.1. The number of thiol groups is 1. The predicted molar refractivity (Wildman–Crippen MR) is 55.5 cm³/mol. The maximum Gasteiger partial charge on any atom is 0.243 e. The van der Waals surface area contributed by atoms with Gasteiger partial charge in [-0.2, -0.15) is 12.6 Å². The number of unbranched alkanes of at least 4 members (excludes halogenated alkanes) is 3. The first-order valence-corrected chi connectivity index (χ1v) is 4.95. The summed E-state index contributed by atoms with van der Waals surface area (Å²) in [6, 6.07) is 0. The van der Waals surface area contributed by atoms with Gasteiger partial charge in [0.15, 0.2) is 0 Å². The maximum atomic E-state index is 10.7. The Labute approximate surface area is 79.8 Å². The molecule has 0 aromatic carbocycles. The van der Waals surface area contributed by atoms with E-state index in [1.165, 1.54) is 18.9 Å². The quantitative estimate of drug-likeness (QED) is 0.355. The molecule has 12 heavy (non-hydrogen) atoms. The Hall–Kier alpha value is -0.440. The molecule has 0 rings (SSSR count). The van der Waals surface area contributed by atoms with Crippen LogP contribution in [-0.4, -0.2) is 18.2 Å². The monoisotopic (exact) mass is 187 g/mol. The van der Waals surface area contributed by atoms with Crippen LogP contribution in [0, 0.1) is 0 Å². The van der Waals surface area contributed by atoms with Crippen molar-refractivity contribution in [3.63, 3.8) is 0 Å². The van der Waals surface area contributed by atoms with Crippen molar-refractivity contribution in [1.82, 2.24) is 5.32 Å². The fraction of sp³-hybridized carbons (Fsp3) is 0.667. The van der Waals surface area contributed by atoms with Crippen LogP contribution in [0.5, 0.6) is 0 Å². The van der Waals surface area contributed by atoms with E-state index in [1.54, 1.807) is 0 Å². The smallest absolute Gasteiger partial charge is 0.243 e. The van der Waals surface area contributed by atoms with Crippen molar-refractivity contribution in [1.29, 1.82) is 0 Å². The Morgan fingerprint density at radius 2 is 2.00 bits per heavy atom. The van der Waals surface area contributed by atoms with E-state index in [1.807, 2.05) is 0 Å². The molecule has 0 saturated carbocycles. The molecular weight excluding hydrogens is 170 g/mol. The first-order valence-electron chi connectivity index (χ1n) is 4.32. The molecule has 0 saturated heterocycles. The van der Waals surface area contributed by atoms with Crippen LogP contribution < -0.4 is 5.32 Å². The molecule has 0 aromatic rings. The van der Waals surface area contributed by atoms with Gasteiger partial charge in [0, 0.05) is 6.54 Å². The van der Waals surface area contributed by atoms with Gasteiger partial charge < -0.3 is 5.32 Å². The first-order chi connectivity index (χ1) is 5.81. The number of nitrogens with one attached hydrogen (secondary N) is 1. The zero-order valence-electron chi connectivity index (χ0n) is 7.38. The molecule has 0 aliphatic heterocycles. The number of rotatable bonds is 7. The second-order valence-corrected chi connectivity index (χ2v) is 3.08. The van der Waals surface area contributed by atoms with Crippen LogP contribution >= 0.6 is 12.6 Å². The van der Waals surface area contributed by atoms with E-state index in [0.717, 1.165) is 25.1 Å². The molecule has 0 atom stereocenters. The van der Waals surface area contributed by atoms with E-state index in [9.17, 15) is 4.79 Å². The normalized spacial score (nSPS) is 9.42. The second-order valence-electron chi connectivity index (χ2n) is 2.63. The van der Waals surface area contributed by atoms with Gasteiger partial charge in [0.05, 0.1) is 0 Å². The van der Waals surface area contributed by atoms with Crippen molar-refractivity contribution in [3.8, 4) is 0 Å². The van der Waals surface area contributed by atoms with Crippen molar-refractivity contribution >= 4 is 18.5 Å². The molecule has 70 valence electrons. The van der Waals surface area contributed by atoms with Crippen LogP contribution in [0.15, 0.2) is 12.7 Å². The number of carbonyl (C=O) groups is 1. The zero-order chi connectivity index (χ0) is 9.23. The van der Waals surface area contributed by atoms with E-state index in [4.69, 9.17) is 0 Å². The van der Waals surface area contributed by atoms with E-state index < -0.39 is 0 Å². The van der Waals surface area contributed by atoms with Crippen LogP contribution in [0.2, 0.25) is 0 Å². The summed E-state index contributed by atoms with van der Waals surface area (Å²) in [5.74, 6) is 0.878. The van der Waals surface area contributed by atoms with Crippen LogP contribution in [0.3, 0.4) is 0 Å². The highest BCUT2D eigenvalue weighted by Crippen LogP contribution is 1.99. The van der Waals surface area contributed by atoms with E-state index in [2.05, 4.69) is 24.5 Å². The van der Waals surface area contributed by atoms with Gasteiger partial charge in [0.1, 0.15) is 0 Å². The molecule has 0 heterocycles. The van der Waals surface area contributed by atoms with Gasteiger partial charge in [0.2, 0.25) is 5.91 Å². The van der Waals surface area contributed by atoms with Gasteiger partial charge >= 0.3 is 0 Å². The summed E-state index contributed by atoms with van der Waals surface area (Å²) in [4.78, 5) is 10.7. The minimum absolute atomic E-state index is 0.0794. The predicted octanol–water partition coefficient (Wildman–Crippen LogP) is 1.78. The minimum Gasteiger partial charge on any atom is -0.353 e. The van der Waals surface area contributed by atoms with Gasteiger partial charge in [-0.05, 0) is 24.7 Å². The molecule has 0 aromatic heterocycles. The number of carbonyl (C=O) groups excluding carboxylic acids is 1. The summed E-state index contributed by atoms with van der Waals surface area (Å²) < 4.78 is 0. The van der Waals surface area contributed by atoms with Crippen LogP contribution in [0.25, 0.3) is 0 Å². The Morgan fingerprint density at radius 3 is 2.58 bits per heavy atom. The Kier molecular flexibility index (Phi) is 8.34. The van der Waals surface area contributed by atoms with Crippen LogP contribution in [-0.2, 0) is 4.79 Å². The zero-order valence-corrected chi connectivity index (χ0v) is 8.28. The Balaban J connectivity index is 3.00. The van der Waals surface area contributed by atoms with Gasteiger partial charge in [-0.15, -0.1) is 0 Å². The molecule has 0 fully saturated rings. The van der Waals surface area contributed by atoms with Gasteiger partial charge in [-0.3, -0.25) is 4.79 Å². The molecular formula is C9H17NOS. The van der Waals surface area contributed by atoms with Gasteiger partial charge in [0.25, 0.3) is 0 Å². The molecule has 3 heteroatoms. The average Bonchev–Trinajstić information content (AvgIpc) is 2.10. The van der Waals surface area contributed by atoms with E-state index in [0.29, 0.717) is 0 Å². The highest BCUT2D eigenvalue weighted by molar-refractivity contribution is 7.80. The number of hydrogen-bond donors (Lipinski definition) is 2. The first kappa shape index (κ1) is 11.6. The van der Waals surface area contributed by atoms with Gasteiger partial charge in [-0.25, -0.2) is 0 Å². The Morgan fingerprint density at radius 1 is 1.33 bits per heavy atom. The third-order valence-corrected chi connectivity index (χ3v) is 1.89. The van der Waals surface area contributed by atoms with Crippen LogP contribution in [0.1, 0.15) is 25.7 Å². The lowest BCUT2D eigenvalue weighted by atomic mass is 10.2. The summed E-state index contributed by atoms with van der Waals surface area (Å²) in [6.07, 6.45) is 5.88. The van der Waals surface area contributed by atoms with Crippen molar-refractivity contribution in [2.75, 3.05) is 12.3 Å². The summed E-state index contributed by atoms with van der Waals surface area (Å²) in [5.41, 5.74) is 0. The van der Waals surface area contributed by atoms with Crippen molar-refractivity contribution < 1.29 is 4.79 Å². The van der Waals surface area contributed by atoms with Crippen LogP contribution in [0.4, 0.5) is 0 Å². The average molecular weight is 187 g/mol. The molecule has 2 nitrogen and oxygen atoms in total. The van der Waals surface area contributed by atoms with Gasteiger partial charge in [-0.1, -0.05) is 19.4 Å². The molecule has 0 spiro atoms. The molecule has 1 N–H and O–H groups in total. The fourth-order valence-electron chi connectivity index (χ4n) is 0.874. The lowest BCUT2D eigenvalue weighted by molar-refractivity contribution is -0.116. The fourth-order valence-corrected chi connectivity index (χ4v) is 1.10. The maximum absolute atomic E-state index is 10.7. The standard InChI is InChI=1S/C9H17NOS/c1-2-9(11)10-7-5-3-4-6-8-12/h2,12H,1,3-8H2,(H,10,11). The Bertz CT molecular complexity index is 136. The SMILES string of the molecule is C=CC(=O)NCCCCCCS. The van der Waals surface area contributed by atoms with Crippen molar-refractivity contribution in [2.45, 2.75) is 25.7 Å². The number of hydrogen-bond acceptors (Lipinski definition) is 2. The summed E-state index contributed by atoms with van der Waals surface area (Å²) in [6.45, 7) is 4.13. The summed E-state index contributed by atoms with van der Waals surface area (Å²) in [5, 5.41) is 2.73. The molecule has 0 aliphatic rings. The highest BCUT2D eigenvalue weighted by Gasteiger charge is 1.92. The van der Waals surface area contributed by atoms with Crippen molar-refractivity contribution in [3.05, 3.63) is 12.7 Å². The van der Waals surface area contributed by atoms with E-state index in [-0.39, 0.29) is 5.91 Å². The summed E-state index contributed by atoms with van der Waals surface area (Å²) >= 11 is 4.11. The second kappa shape index (κ2) is 8.65. The van der Waals surface area contributed by atoms with Crippen molar-refractivity contribution in [2.24, 2.45) is 0 Å². The molecule has 0 bridgehead atoms. The number of amides is 1. The summed E-state index contributed by atoms with van der Waals surface area (Å²) in [7, 11) is 0. The molecule has 0 aliphatic carbocycles.